The Hall–Kier alpha value is -1.53. The molecule has 6 heteroatoms. The van der Waals surface area contributed by atoms with Crippen LogP contribution in [0.5, 0.6) is 0 Å². The number of fused-ring (bicyclic) bond motifs is 1. The fourth-order valence-corrected chi connectivity index (χ4v) is 4.05. The number of amides is 1. The van der Waals surface area contributed by atoms with Crippen LogP contribution in [0.15, 0.2) is 12.1 Å². The maximum atomic E-state index is 12.1. The summed E-state index contributed by atoms with van der Waals surface area (Å²) in [5, 5.41) is 3.50. The Morgan fingerprint density at radius 3 is 2.60 bits per heavy atom. The summed E-state index contributed by atoms with van der Waals surface area (Å²) < 4.78 is 0. The van der Waals surface area contributed by atoms with Gasteiger partial charge in [-0.3, -0.25) is 14.9 Å². The van der Waals surface area contributed by atoms with E-state index >= 15 is 0 Å². The van der Waals surface area contributed by atoms with Gasteiger partial charge in [0.15, 0.2) is 10.9 Å². The van der Waals surface area contributed by atoms with E-state index in [0.717, 1.165) is 18.5 Å². The zero-order valence-corrected chi connectivity index (χ0v) is 12.7. The van der Waals surface area contributed by atoms with Crippen molar-refractivity contribution in [2.45, 2.75) is 32.6 Å². The maximum absolute atomic E-state index is 12.1. The van der Waals surface area contributed by atoms with E-state index in [1.54, 1.807) is 23.5 Å². The smallest absolute Gasteiger partial charge is 0.267 e. The van der Waals surface area contributed by atoms with Gasteiger partial charge in [-0.1, -0.05) is 0 Å². The van der Waals surface area contributed by atoms with Crippen molar-refractivity contribution in [2.24, 2.45) is 0 Å². The fourth-order valence-electron chi connectivity index (χ4n) is 2.21. The summed E-state index contributed by atoms with van der Waals surface area (Å²) in [6.45, 7) is 1.50. The van der Waals surface area contributed by atoms with Crippen molar-refractivity contribution in [3.05, 3.63) is 32.5 Å². The number of rotatable bonds is 3. The topological polar surface area (TPSA) is 59.1 Å². The Bertz CT molecular complexity index is 649. The van der Waals surface area contributed by atoms with Crippen LogP contribution in [-0.2, 0) is 12.8 Å². The van der Waals surface area contributed by atoms with E-state index in [9.17, 15) is 9.59 Å². The van der Waals surface area contributed by atoms with Crippen LogP contribution in [-0.4, -0.2) is 16.7 Å². The number of Topliss-reactive ketones (excluding diaryl/α,β-unsaturated/α-hetero) is 1. The van der Waals surface area contributed by atoms with Crippen molar-refractivity contribution < 1.29 is 9.59 Å². The third kappa shape index (κ3) is 2.66. The van der Waals surface area contributed by atoms with E-state index in [2.05, 4.69) is 10.3 Å². The predicted octanol–water partition coefficient (Wildman–Crippen LogP) is 3.54. The molecule has 0 unspecified atom stereocenters. The van der Waals surface area contributed by atoms with Crippen molar-refractivity contribution in [3.8, 4) is 0 Å². The molecule has 3 rings (SSSR count). The van der Waals surface area contributed by atoms with Gasteiger partial charge in [0.1, 0.15) is 0 Å². The molecule has 2 aromatic rings. The van der Waals surface area contributed by atoms with Crippen molar-refractivity contribution in [1.82, 2.24) is 4.98 Å². The van der Waals surface area contributed by atoms with E-state index in [1.165, 1.54) is 36.0 Å². The van der Waals surface area contributed by atoms with Gasteiger partial charge in [0.05, 0.1) is 15.4 Å². The van der Waals surface area contributed by atoms with Crippen molar-refractivity contribution in [2.75, 3.05) is 5.32 Å². The third-order valence-corrected chi connectivity index (χ3v) is 5.50. The van der Waals surface area contributed by atoms with Crippen molar-refractivity contribution in [3.63, 3.8) is 0 Å². The highest BCUT2D eigenvalue weighted by molar-refractivity contribution is 7.17. The molecule has 0 aliphatic heterocycles. The Morgan fingerprint density at radius 1 is 1.15 bits per heavy atom. The lowest BCUT2D eigenvalue weighted by atomic mass is 10.0. The average molecular weight is 306 g/mol. The van der Waals surface area contributed by atoms with Crippen LogP contribution >= 0.6 is 22.7 Å². The van der Waals surface area contributed by atoms with Gasteiger partial charge in [-0.2, -0.15) is 0 Å². The van der Waals surface area contributed by atoms with Gasteiger partial charge in [-0.05, 0) is 44.7 Å². The molecule has 2 heterocycles. The second-order valence-electron chi connectivity index (χ2n) is 4.77. The molecule has 4 nitrogen and oxygen atoms in total. The molecule has 0 radical (unpaired) electrons. The van der Waals surface area contributed by atoms with E-state index in [4.69, 9.17) is 0 Å². The summed E-state index contributed by atoms with van der Waals surface area (Å²) >= 11 is 2.78. The minimum atomic E-state index is -0.186. The molecular weight excluding hydrogens is 292 g/mol. The molecule has 1 amide bonds. The van der Waals surface area contributed by atoms with Crippen LogP contribution in [0.1, 0.15) is 49.7 Å². The Balaban J connectivity index is 1.74. The molecule has 1 N–H and O–H groups in total. The van der Waals surface area contributed by atoms with Gasteiger partial charge < -0.3 is 0 Å². The first kappa shape index (κ1) is 13.5. The van der Waals surface area contributed by atoms with E-state index in [1.807, 2.05) is 0 Å². The van der Waals surface area contributed by atoms with Crippen molar-refractivity contribution >= 4 is 39.5 Å². The number of ketones is 1. The number of carbonyl (C=O) groups excluding carboxylic acids is 2. The van der Waals surface area contributed by atoms with Gasteiger partial charge in [0.25, 0.3) is 5.91 Å². The summed E-state index contributed by atoms with van der Waals surface area (Å²) in [6.07, 6.45) is 4.46. The maximum Gasteiger partial charge on any atom is 0.267 e. The minimum absolute atomic E-state index is 0.0150. The molecule has 0 saturated carbocycles. The Labute approximate surface area is 124 Å². The zero-order chi connectivity index (χ0) is 14.1. The molecule has 2 aromatic heterocycles. The number of hydrogen-bond donors (Lipinski definition) is 1. The highest BCUT2D eigenvalue weighted by atomic mass is 32.1. The quantitative estimate of drug-likeness (QED) is 0.882. The summed E-state index contributed by atoms with van der Waals surface area (Å²) in [5.74, 6) is -0.202. The molecule has 1 aliphatic carbocycles. The Morgan fingerprint density at radius 2 is 1.90 bits per heavy atom. The second-order valence-corrected chi connectivity index (χ2v) is 6.94. The zero-order valence-electron chi connectivity index (χ0n) is 11.1. The molecule has 0 spiro atoms. The number of aromatic nitrogens is 1. The van der Waals surface area contributed by atoms with Crippen LogP contribution in [0.2, 0.25) is 0 Å². The number of thiazole rings is 1. The molecule has 1 aliphatic rings. The first-order chi connectivity index (χ1) is 9.63. The molecule has 104 valence electrons. The normalized spacial score (nSPS) is 13.8. The van der Waals surface area contributed by atoms with Crippen LogP contribution < -0.4 is 5.32 Å². The van der Waals surface area contributed by atoms with Gasteiger partial charge in [0.2, 0.25) is 0 Å². The fraction of sp³-hybridized carbons (Fsp3) is 0.357. The van der Waals surface area contributed by atoms with E-state index in [-0.39, 0.29) is 11.7 Å². The molecule has 0 saturated heterocycles. The lowest BCUT2D eigenvalue weighted by Crippen LogP contribution is -2.09. The number of aryl methyl sites for hydroxylation is 2. The largest absolute Gasteiger partial charge is 0.297 e. The van der Waals surface area contributed by atoms with Gasteiger partial charge in [-0.15, -0.1) is 22.7 Å². The first-order valence-electron chi connectivity index (χ1n) is 6.54. The van der Waals surface area contributed by atoms with Crippen molar-refractivity contribution in [1.29, 1.82) is 0 Å². The summed E-state index contributed by atoms with van der Waals surface area (Å²) in [5.41, 5.74) is 1.13. The highest BCUT2D eigenvalue weighted by Crippen LogP contribution is 2.30. The molecule has 0 aromatic carbocycles. The van der Waals surface area contributed by atoms with Crippen LogP contribution in [0.4, 0.5) is 5.13 Å². The third-order valence-electron chi connectivity index (χ3n) is 3.24. The predicted molar refractivity (Wildman–Crippen MR) is 81.0 cm³/mol. The van der Waals surface area contributed by atoms with E-state index in [0.29, 0.717) is 14.9 Å². The number of carbonyl (C=O) groups is 2. The van der Waals surface area contributed by atoms with Gasteiger partial charge in [-0.25, -0.2) is 4.98 Å². The van der Waals surface area contributed by atoms with Crippen LogP contribution in [0, 0.1) is 0 Å². The number of nitrogens with zero attached hydrogens (tertiary/aromatic N) is 1. The minimum Gasteiger partial charge on any atom is -0.297 e. The van der Waals surface area contributed by atoms with Gasteiger partial charge >= 0.3 is 0 Å². The van der Waals surface area contributed by atoms with Crippen LogP contribution in [0.25, 0.3) is 0 Å². The Kier molecular flexibility index (Phi) is 3.67. The average Bonchev–Trinajstić information content (AvgIpc) is 3.04. The lowest BCUT2D eigenvalue weighted by molar-refractivity contribution is 0.101. The molecule has 20 heavy (non-hydrogen) atoms. The highest BCUT2D eigenvalue weighted by Gasteiger charge is 2.18. The summed E-state index contributed by atoms with van der Waals surface area (Å²) in [7, 11) is 0. The lowest BCUT2D eigenvalue weighted by Gasteiger charge is -2.06. The monoisotopic (exact) mass is 306 g/mol. The van der Waals surface area contributed by atoms with Gasteiger partial charge in [0, 0.05) is 4.88 Å². The summed E-state index contributed by atoms with van der Waals surface area (Å²) in [6, 6.07) is 3.37. The molecule has 0 bridgehead atoms. The second kappa shape index (κ2) is 5.46. The summed E-state index contributed by atoms with van der Waals surface area (Å²) in [4.78, 5) is 30.3. The standard InChI is InChI=1S/C14H14N2O2S2/c1-8(17)10-6-7-12(19-10)13(18)16-14-15-9-4-2-3-5-11(9)20-14/h6-7H,2-5H2,1H3,(H,15,16,18). The number of hydrogen-bond acceptors (Lipinski definition) is 5. The molecule has 0 atom stereocenters. The number of nitrogens with one attached hydrogen (secondary N) is 1. The molecular formula is C14H14N2O2S2. The first-order valence-corrected chi connectivity index (χ1v) is 8.17. The number of thiophene rings is 1. The van der Waals surface area contributed by atoms with Crippen LogP contribution in [0.3, 0.4) is 0 Å². The molecule has 0 fully saturated rings. The SMILES string of the molecule is CC(=O)c1ccc(C(=O)Nc2nc3c(s2)CCCC3)s1. The van der Waals surface area contributed by atoms with E-state index < -0.39 is 0 Å². The number of anilines is 1.